The average molecular weight is 190 g/mol. The number of nitrogens with two attached hydrogens (primary N) is 1. The van der Waals surface area contributed by atoms with Crippen LogP contribution in [0.25, 0.3) is 11.0 Å². The summed E-state index contributed by atoms with van der Waals surface area (Å²) in [5.41, 5.74) is 7.70. The molecule has 0 saturated carbocycles. The molecule has 1 aromatic carbocycles. The van der Waals surface area contributed by atoms with Crippen LogP contribution in [0.5, 0.6) is 0 Å². The summed E-state index contributed by atoms with van der Waals surface area (Å²) in [5.74, 6) is 0. The molecule has 1 unspecified atom stereocenters. The van der Waals surface area contributed by atoms with Gasteiger partial charge in [-0.15, -0.1) is 0 Å². The molecular formula is C11H14N2O. The molecule has 0 saturated heterocycles. The molecule has 1 aromatic heterocycles. The number of rotatable bonds is 3. The lowest BCUT2D eigenvalue weighted by Crippen LogP contribution is -2.24. The summed E-state index contributed by atoms with van der Waals surface area (Å²) in [6, 6.07) is 8.14. The summed E-state index contributed by atoms with van der Waals surface area (Å²) in [4.78, 5) is 0. The van der Waals surface area contributed by atoms with Crippen LogP contribution in [0.1, 0.15) is 11.6 Å². The second kappa shape index (κ2) is 3.82. The number of benzene rings is 1. The second-order valence-electron chi connectivity index (χ2n) is 3.26. The van der Waals surface area contributed by atoms with Crippen molar-refractivity contribution in [1.29, 1.82) is 0 Å². The number of likely N-dealkylation sites (N-methyl/N-ethyl adjacent to an activating group) is 1. The lowest BCUT2D eigenvalue weighted by molar-refractivity contribution is 0.571. The molecule has 74 valence electrons. The van der Waals surface area contributed by atoms with Crippen LogP contribution in [0.2, 0.25) is 0 Å². The van der Waals surface area contributed by atoms with Crippen LogP contribution in [0.4, 0.5) is 0 Å². The van der Waals surface area contributed by atoms with Gasteiger partial charge in [0.25, 0.3) is 0 Å². The highest BCUT2D eigenvalue weighted by Crippen LogP contribution is 2.25. The molecule has 0 aliphatic heterocycles. The summed E-state index contributed by atoms with van der Waals surface area (Å²) in [6.07, 6.45) is 1.78. The van der Waals surface area contributed by atoms with Gasteiger partial charge in [-0.1, -0.05) is 18.2 Å². The van der Waals surface area contributed by atoms with Gasteiger partial charge in [0.1, 0.15) is 5.58 Å². The van der Waals surface area contributed by atoms with Gasteiger partial charge in [0.05, 0.1) is 6.26 Å². The summed E-state index contributed by atoms with van der Waals surface area (Å²) in [6.45, 7) is 0.569. The topological polar surface area (TPSA) is 51.2 Å². The number of nitrogens with one attached hydrogen (secondary N) is 1. The first kappa shape index (κ1) is 9.24. The van der Waals surface area contributed by atoms with E-state index in [0.29, 0.717) is 6.54 Å². The number of furan rings is 1. The Balaban J connectivity index is 2.51. The van der Waals surface area contributed by atoms with Crippen LogP contribution < -0.4 is 11.1 Å². The molecule has 3 N–H and O–H groups in total. The molecule has 14 heavy (non-hydrogen) atoms. The zero-order valence-corrected chi connectivity index (χ0v) is 8.16. The maximum absolute atomic E-state index is 5.66. The van der Waals surface area contributed by atoms with Gasteiger partial charge < -0.3 is 15.5 Å². The van der Waals surface area contributed by atoms with Crippen molar-refractivity contribution in [2.45, 2.75) is 6.04 Å². The van der Waals surface area contributed by atoms with Crippen molar-refractivity contribution >= 4 is 11.0 Å². The molecule has 0 radical (unpaired) electrons. The molecule has 0 bridgehead atoms. The zero-order chi connectivity index (χ0) is 9.97. The Hall–Kier alpha value is -1.32. The van der Waals surface area contributed by atoms with Crippen LogP contribution in [0.3, 0.4) is 0 Å². The Morgan fingerprint density at radius 3 is 2.93 bits per heavy atom. The maximum atomic E-state index is 5.66. The van der Waals surface area contributed by atoms with Gasteiger partial charge >= 0.3 is 0 Å². The van der Waals surface area contributed by atoms with E-state index in [-0.39, 0.29) is 6.04 Å². The minimum absolute atomic E-state index is 0.165. The van der Waals surface area contributed by atoms with Gasteiger partial charge in [-0.2, -0.15) is 0 Å². The third kappa shape index (κ3) is 1.41. The van der Waals surface area contributed by atoms with E-state index < -0.39 is 0 Å². The molecule has 3 heteroatoms. The molecule has 2 aromatic rings. The van der Waals surface area contributed by atoms with Gasteiger partial charge in [0, 0.05) is 23.5 Å². The van der Waals surface area contributed by atoms with Gasteiger partial charge in [0.2, 0.25) is 0 Å². The van der Waals surface area contributed by atoms with Crippen LogP contribution in [0.15, 0.2) is 34.9 Å². The lowest BCUT2D eigenvalue weighted by Gasteiger charge is -2.11. The fourth-order valence-corrected chi connectivity index (χ4v) is 1.67. The van der Waals surface area contributed by atoms with Gasteiger partial charge in [0.15, 0.2) is 0 Å². The molecule has 0 aliphatic rings. The van der Waals surface area contributed by atoms with Crippen LogP contribution in [-0.2, 0) is 0 Å². The Labute approximate surface area is 82.9 Å². The first-order valence-electron chi connectivity index (χ1n) is 4.70. The molecule has 1 atom stereocenters. The third-order valence-electron chi connectivity index (χ3n) is 2.47. The number of para-hydroxylation sites is 1. The summed E-state index contributed by atoms with van der Waals surface area (Å²) >= 11 is 0. The first-order valence-corrected chi connectivity index (χ1v) is 4.70. The quantitative estimate of drug-likeness (QED) is 0.773. The fourth-order valence-electron chi connectivity index (χ4n) is 1.67. The average Bonchev–Trinajstić information content (AvgIpc) is 2.65. The van der Waals surface area contributed by atoms with Gasteiger partial charge in [-0.05, 0) is 13.1 Å². The van der Waals surface area contributed by atoms with Crippen molar-refractivity contribution in [3.05, 3.63) is 36.1 Å². The Kier molecular flexibility index (Phi) is 2.52. The van der Waals surface area contributed by atoms with Crippen LogP contribution >= 0.6 is 0 Å². The summed E-state index contributed by atoms with van der Waals surface area (Å²) in [5, 5.41) is 4.30. The van der Waals surface area contributed by atoms with E-state index in [1.165, 1.54) is 0 Å². The minimum atomic E-state index is 0.165. The van der Waals surface area contributed by atoms with Gasteiger partial charge in [-0.25, -0.2) is 0 Å². The summed E-state index contributed by atoms with van der Waals surface area (Å²) in [7, 11) is 1.90. The zero-order valence-electron chi connectivity index (χ0n) is 8.16. The van der Waals surface area contributed by atoms with Crippen molar-refractivity contribution < 1.29 is 4.42 Å². The van der Waals surface area contributed by atoms with Crippen molar-refractivity contribution in [2.24, 2.45) is 5.73 Å². The van der Waals surface area contributed by atoms with E-state index in [4.69, 9.17) is 10.2 Å². The van der Waals surface area contributed by atoms with E-state index in [0.717, 1.165) is 16.5 Å². The number of fused-ring (bicyclic) bond motifs is 1. The Morgan fingerprint density at radius 1 is 1.43 bits per heavy atom. The predicted molar refractivity (Wildman–Crippen MR) is 57.1 cm³/mol. The Morgan fingerprint density at radius 2 is 2.21 bits per heavy atom. The molecule has 2 rings (SSSR count). The molecule has 0 spiro atoms. The summed E-state index contributed by atoms with van der Waals surface area (Å²) < 4.78 is 5.44. The first-order chi connectivity index (χ1) is 6.86. The molecule has 1 heterocycles. The second-order valence-corrected chi connectivity index (χ2v) is 3.26. The standard InChI is InChI=1S/C11H14N2O/c1-13-10(6-12)9-7-14-11-5-3-2-4-8(9)11/h2-5,7,10,13H,6,12H2,1H3. The van der Waals surface area contributed by atoms with Crippen LogP contribution in [0, 0.1) is 0 Å². The number of hydrogen-bond donors (Lipinski definition) is 2. The fraction of sp³-hybridized carbons (Fsp3) is 0.273. The number of hydrogen-bond acceptors (Lipinski definition) is 3. The van der Waals surface area contributed by atoms with E-state index in [1.54, 1.807) is 6.26 Å². The van der Waals surface area contributed by atoms with Crippen molar-refractivity contribution in [3.63, 3.8) is 0 Å². The SMILES string of the molecule is CNC(CN)c1coc2ccccc12. The normalized spacial score (nSPS) is 13.3. The molecule has 0 aliphatic carbocycles. The molecule has 0 fully saturated rings. The minimum Gasteiger partial charge on any atom is -0.464 e. The highest BCUT2D eigenvalue weighted by molar-refractivity contribution is 5.81. The third-order valence-corrected chi connectivity index (χ3v) is 2.47. The highest BCUT2D eigenvalue weighted by atomic mass is 16.3. The monoisotopic (exact) mass is 190 g/mol. The van der Waals surface area contributed by atoms with E-state index in [1.807, 2.05) is 31.3 Å². The smallest absolute Gasteiger partial charge is 0.134 e. The Bertz CT molecular complexity index is 418. The van der Waals surface area contributed by atoms with Gasteiger partial charge in [-0.3, -0.25) is 0 Å². The van der Waals surface area contributed by atoms with Crippen molar-refractivity contribution in [3.8, 4) is 0 Å². The molecule has 0 amide bonds. The molecule has 3 nitrogen and oxygen atoms in total. The van der Waals surface area contributed by atoms with Crippen molar-refractivity contribution in [1.82, 2.24) is 5.32 Å². The predicted octanol–water partition coefficient (Wildman–Crippen LogP) is 1.65. The van der Waals surface area contributed by atoms with Crippen molar-refractivity contribution in [2.75, 3.05) is 13.6 Å². The largest absolute Gasteiger partial charge is 0.464 e. The maximum Gasteiger partial charge on any atom is 0.134 e. The van der Waals surface area contributed by atoms with E-state index in [2.05, 4.69) is 5.32 Å². The van der Waals surface area contributed by atoms with E-state index >= 15 is 0 Å². The lowest BCUT2D eigenvalue weighted by atomic mass is 10.1. The highest BCUT2D eigenvalue weighted by Gasteiger charge is 2.12. The van der Waals surface area contributed by atoms with Crippen LogP contribution in [-0.4, -0.2) is 13.6 Å². The molecular weight excluding hydrogens is 176 g/mol. The van der Waals surface area contributed by atoms with E-state index in [9.17, 15) is 0 Å².